The maximum atomic E-state index is 4.40. The molecule has 0 saturated carbocycles. The lowest BCUT2D eigenvalue weighted by atomic mass is 10.3. The minimum Gasteiger partial charge on any atom is -0.353 e. The number of aromatic amines is 1. The predicted molar refractivity (Wildman–Crippen MR) is 81.2 cm³/mol. The van der Waals surface area contributed by atoms with Gasteiger partial charge in [-0.3, -0.25) is 0 Å². The highest BCUT2D eigenvalue weighted by Gasteiger charge is 2.17. The molecule has 2 aromatic heterocycles. The minimum atomic E-state index is 0. The Morgan fingerprint density at radius 1 is 1.17 bits per heavy atom. The van der Waals surface area contributed by atoms with Gasteiger partial charge >= 0.3 is 0 Å². The predicted octanol–water partition coefficient (Wildman–Crippen LogP) is 1.97. The van der Waals surface area contributed by atoms with Gasteiger partial charge in [0.2, 0.25) is 0 Å². The number of fused-ring (bicyclic) bond motifs is 1. The van der Waals surface area contributed by atoms with E-state index in [1.807, 2.05) is 6.20 Å². The number of aromatic nitrogens is 3. The lowest BCUT2D eigenvalue weighted by Crippen LogP contribution is -2.44. The van der Waals surface area contributed by atoms with Gasteiger partial charge in [0.05, 0.1) is 5.39 Å². The van der Waals surface area contributed by atoms with Crippen molar-refractivity contribution >= 4 is 57.6 Å². The number of rotatable bonds is 1. The zero-order chi connectivity index (χ0) is 11.0. The van der Waals surface area contributed by atoms with Crippen molar-refractivity contribution in [2.45, 2.75) is 0 Å². The summed E-state index contributed by atoms with van der Waals surface area (Å²) in [5, 5.41) is 4.41. The van der Waals surface area contributed by atoms with Crippen molar-refractivity contribution in [1.29, 1.82) is 0 Å². The van der Waals surface area contributed by atoms with Crippen LogP contribution in [0.2, 0.25) is 0 Å². The molecular weight excluding hydrogens is 341 g/mol. The Morgan fingerprint density at radius 3 is 2.61 bits per heavy atom. The molecule has 0 unspecified atom stereocenters. The molecule has 3 rings (SSSR count). The molecule has 1 aliphatic rings. The van der Waals surface area contributed by atoms with Crippen LogP contribution in [0.1, 0.15) is 0 Å². The molecule has 3 heterocycles. The summed E-state index contributed by atoms with van der Waals surface area (Å²) in [6.07, 6.45) is 3.52. The van der Waals surface area contributed by atoms with Crippen LogP contribution in [0.15, 0.2) is 17.0 Å². The third-order valence-corrected chi connectivity index (χ3v) is 3.44. The van der Waals surface area contributed by atoms with Crippen LogP contribution in [0.3, 0.4) is 0 Å². The highest BCUT2D eigenvalue weighted by molar-refractivity contribution is 9.10. The monoisotopic (exact) mass is 353 g/mol. The van der Waals surface area contributed by atoms with E-state index in [9.17, 15) is 0 Å². The van der Waals surface area contributed by atoms with Gasteiger partial charge in [-0.25, -0.2) is 9.97 Å². The molecule has 0 atom stereocenters. The molecule has 0 spiro atoms. The quantitative estimate of drug-likeness (QED) is 0.822. The molecule has 18 heavy (non-hydrogen) atoms. The van der Waals surface area contributed by atoms with Crippen LogP contribution in [-0.4, -0.2) is 41.1 Å². The average molecular weight is 355 g/mol. The van der Waals surface area contributed by atoms with E-state index in [-0.39, 0.29) is 24.8 Å². The third kappa shape index (κ3) is 2.71. The van der Waals surface area contributed by atoms with Crippen molar-refractivity contribution in [2.75, 3.05) is 31.1 Å². The number of hydrogen-bond acceptors (Lipinski definition) is 4. The first-order valence-electron chi connectivity index (χ1n) is 5.29. The molecule has 2 aromatic rings. The molecule has 100 valence electrons. The molecule has 8 heteroatoms. The van der Waals surface area contributed by atoms with E-state index in [0.717, 1.165) is 47.5 Å². The standard InChI is InChI=1S/C10H12BrN5.2ClH/c11-7-5-13-9-8(7)10(15-6-14-9)16-3-1-12-2-4-16;;/h5-6,12H,1-4H2,(H,13,14,15);2*1H. The Morgan fingerprint density at radius 2 is 1.89 bits per heavy atom. The number of halogens is 3. The number of H-pyrrole nitrogens is 1. The summed E-state index contributed by atoms with van der Waals surface area (Å²) in [6.45, 7) is 3.99. The van der Waals surface area contributed by atoms with E-state index in [1.54, 1.807) is 6.33 Å². The lowest BCUT2D eigenvalue weighted by Gasteiger charge is -2.28. The van der Waals surface area contributed by atoms with Gasteiger partial charge in [0.1, 0.15) is 17.8 Å². The van der Waals surface area contributed by atoms with Crippen LogP contribution in [0.5, 0.6) is 0 Å². The first-order chi connectivity index (χ1) is 7.86. The van der Waals surface area contributed by atoms with E-state index >= 15 is 0 Å². The van der Waals surface area contributed by atoms with Gasteiger partial charge in [0, 0.05) is 36.8 Å². The second-order valence-corrected chi connectivity index (χ2v) is 4.65. The van der Waals surface area contributed by atoms with Crippen molar-refractivity contribution in [3.8, 4) is 0 Å². The molecule has 1 aliphatic heterocycles. The fourth-order valence-electron chi connectivity index (χ4n) is 2.03. The fraction of sp³-hybridized carbons (Fsp3) is 0.400. The lowest BCUT2D eigenvalue weighted by molar-refractivity contribution is 0.586. The Kier molecular flexibility index (Phi) is 5.65. The van der Waals surface area contributed by atoms with E-state index in [0.29, 0.717) is 0 Å². The van der Waals surface area contributed by atoms with Crippen LogP contribution in [0.25, 0.3) is 11.0 Å². The van der Waals surface area contributed by atoms with Crippen molar-refractivity contribution in [3.63, 3.8) is 0 Å². The van der Waals surface area contributed by atoms with Crippen molar-refractivity contribution < 1.29 is 0 Å². The Hall–Kier alpha value is -0.560. The average Bonchev–Trinajstić information content (AvgIpc) is 2.73. The minimum absolute atomic E-state index is 0. The van der Waals surface area contributed by atoms with Gasteiger partial charge in [-0.2, -0.15) is 0 Å². The second kappa shape index (κ2) is 6.56. The number of nitrogens with one attached hydrogen (secondary N) is 2. The topological polar surface area (TPSA) is 56.8 Å². The van der Waals surface area contributed by atoms with Crippen molar-refractivity contribution in [3.05, 3.63) is 17.0 Å². The van der Waals surface area contributed by atoms with Crippen molar-refractivity contribution in [1.82, 2.24) is 20.3 Å². The SMILES string of the molecule is Brc1c[nH]c2ncnc(N3CCNCC3)c12.Cl.Cl. The van der Waals surface area contributed by atoms with E-state index in [4.69, 9.17) is 0 Å². The van der Waals surface area contributed by atoms with Gasteiger partial charge in [0.25, 0.3) is 0 Å². The Bertz CT molecular complexity index is 512. The largest absolute Gasteiger partial charge is 0.353 e. The number of piperazine rings is 1. The first kappa shape index (κ1) is 15.5. The molecule has 0 aromatic carbocycles. The second-order valence-electron chi connectivity index (χ2n) is 3.79. The molecular formula is C10H14BrCl2N5. The summed E-state index contributed by atoms with van der Waals surface area (Å²) in [7, 11) is 0. The summed E-state index contributed by atoms with van der Waals surface area (Å²) in [6, 6.07) is 0. The van der Waals surface area contributed by atoms with Gasteiger partial charge in [-0.05, 0) is 15.9 Å². The van der Waals surface area contributed by atoms with Gasteiger partial charge in [-0.15, -0.1) is 24.8 Å². The summed E-state index contributed by atoms with van der Waals surface area (Å²) in [5.74, 6) is 1.01. The Balaban J connectivity index is 0.000000810. The highest BCUT2D eigenvalue weighted by atomic mass is 79.9. The summed E-state index contributed by atoms with van der Waals surface area (Å²) in [5.41, 5.74) is 0.885. The molecule has 2 N–H and O–H groups in total. The Labute approximate surface area is 126 Å². The number of anilines is 1. The van der Waals surface area contributed by atoms with Crippen molar-refractivity contribution in [2.24, 2.45) is 0 Å². The molecule has 5 nitrogen and oxygen atoms in total. The van der Waals surface area contributed by atoms with Crippen LogP contribution < -0.4 is 10.2 Å². The number of nitrogens with zero attached hydrogens (tertiary/aromatic N) is 3. The smallest absolute Gasteiger partial charge is 0.144 e. The van der Waals surface area contributed by atoms with Crippen LogP contribution in [-0.2, 0) is 0 Å². The zero-order valence-electron chi connectivity index (χ0n) is 9.52. The fourth-order valence-corrected chi connectivity index (χ4v) is 2.51. The summed E-state index contributed by atoms with van der Waals surface area (Å²) < 4.78 is 1.02. The summed E-state index contributed by atoms with van der Waals surface area (Å²) in [4.78, 5) is 14.0. The first-order valence-corrected chi connectivity index (χ1v) is 6.09. The molecule has 0 aliphatic carbocycles. The normalized spacial score (nSPS) is 15.1. The third-order valence-electron chi connectivity index (χ3n) is 2.82. The molecule has 0 amide bonds. The molecule has 1 saturated heterocycles. The van der Waals surface area contributed by atoms with E-state index in [2.05, 4.69) is 41.1 Å². The molecule has 0 bridgehead atoms. The van der Waals surface area contributed by atoms with Gasteiger partial charge in [-0.1, -0.05) is 0 Å². The van der Waals surface area contributed by atoms with Gasteiger partial charge < -0.3 is 15.2 Å². The van der Waals surface area contributed by atoms with Gasteiger partial charge in [0.15, 0.2) is 0 Å². The van der Waals surface area contributed by atoms with Crippen LogP contribution in [0.4, 0.5) is 5.82 Å². The molecule has 1 fully saturated rings. The highest BCUT2D eigenvalue weighted by Crippen LogP contribution is 2.29. The maximum Gasteiger partial charge on any atom is 0.144 e. The summed E-state index contributed by atoms with van der Waals surface area (Å²) >= 11 is 3.53. The van der Waals surface area contributed by atoms with Crippen LogP contribution in [0, 0.1) is 0 Å². The zero-order valence-corrected chi connectivity index (χ0v) is 12.7. The van der Waals surface area contributed by atoms with E-state index in [1.165, 1.54) is 0 Å². The maximum absolute atomic E-state index is 4.40. The van der Waals surface area contributed by atoms with Crippen LogP contribution >= 0.6 is 40.7 Å². The van der Waals surface area contributed by atoms with E-state index < -0.39 is 0 Å². The number of hydrogen-bond donors (Lipinski definition) is 2. The molecule has 0 radical (unpaired) electrons.